The lowest BCUT2D eigenvalue weighted by Crippen LogP contribution is -2.51. The summed E-state index contributed by atoms with van der Waals surface area (Å²) in [7, 11) is 0. The summed E-state index contributed by atoms with van der Waals surface area (Å²) in [6.45, 7) is 6.82. The van der Waals surface area contributed by atoms with Gasteiger partial charge in [-0.25, -0.2) is 0 Å². The first-order valence-electron chi connectivity index (χ1n) is 10.0. The Kier molecular flexibility index (Phi) is 5.70. The van der Waals surface area contributed by atoms with E-state index in [-0.39, 0.29) is 11.8 Å². The molecule has 0 unspecified atom stereocenters. The van der Waals surface area contributed by atoms with Crippen LogP contribution in [0.1, 0.15) is 22.8 Å². The molecule has 1 atom stereocenters. The number of nitrogens with one attached hydrogen (secondary N) is 1. The number of rotatable bonds is 6. The molecule has 4 nitrogen and oxygen atoms in total. The molecule has 0 amide bonds. The van der Waals surface area contributed by atoms with Crippen LogP contribution in [0.25, 0.3) is 17.0 Å². The average Bonchev–Trinajstić information content (AvgIpc) is 3.18. The van der Waals surface area contributed by atoms with Gasteiger partial charge in [0.1, 0.15) is 0 Å². The summed E-state index contributed by atoms with van der Waals surface area (Å²) in [4.78, 5) is 21.0. The van der Waals surface area contributed by atoms with E-state index >= 15 is 0 Å². The number of nitrogens with zero attached hydrogens (tertiary/aromatic N) is 2. The smallest absolute Gasteiger partial charge is 0.181 e. The molecule has 0 spiro atoms. The third-order valence-electron chi connectivity index (χ3n) is 5.66. The highest BCUT2D eigenvalue weighted by molar-refractivity contribution is 6.10. The maximum atomic E-state index is 13.0. The van der Waals surface area contributed by atoms with Gasteiger partial charge in [-0.15, -0.1) is 0 Å². The van der Waals surface area contributed by atoms with E-state index in [1.807, 2.05) is 43.5 Å². The predicted molar refractivity (Wildman–Crippen MR) is 116 cm³/mol. The van der Waals surface area contributed by atoms with Gasteiger partial charge in [0.25, 0.3) is 0 Å². The lowest BCUT2D eigenvalue weighted by Gasteiger charge is -2.37. The fourth-order valence-electron chi connectivity index (χ4n) is 3.90. The summed E-state index contributed by atoms with van der Waals surface area (Å²) >= 11 is 0. The molecule has 144 valence electrons. The maximum absolute atomic E-state index is 13.0. The number of aromatic amines is 1. The van der Waals surface area contributed by atoms with Crippen LogP contribution in [0.3, 0.4) is 0 Å². The molecule has 1 saturated heterocycles. The fraction of sp³-hybridized carbons (Fsp3) is 0.292. The first kappa shape index (κ1) is 18.7. The van der Waals surface area contributed by atoms with Crippen molar-refractivity contribution < 1.29 is 4.79 Å². The normalized spacial score (nSPS) is 17.3. The van der Waals surface area contributed by atoms with Crippen molar-refractivity contribution >= 4 is 22.8 Å². The molecule has 0 radical (unpaired) electrons. The number of piperazine rings is 1. The molecule has 4 rings (SSSR count). The van der Waals surface area contributed by atoms with E-state index in [4.69, 9.17) is 0 Å². The zero-order valence-electron chi connectivity index (χ0n) is 16.3. The first-order chi connectivity index (χ1) is 13.7. The molecule has 0 aliphatic carbocycles. The molecule has 28 heavy (non-hydrogen) atoms. The molecule has 2 heterocycles. The van der Waals surface area contributed by atoms with Crippen LogP contribution >= 0.6 is 0 Å². The third-order valence-corrected chi connectivity index (χ3v) is 5.66. The van der Waals surface area contributed by atoms with E-state index in [1.165, 1.54) is 5.56 Å². The highest BCUT2D eigenvalue weighted by Crippen LogP contribution is 2.21. The number of aromatic nitrogens is 1. The highest BCUT2D eigenvalue weighted by Gasteiger charge is 2.27. The van der Waals surface area contributed by atoms with E-state index < -0.39 is 0 Å². The Bertz CT molecular complexity index is 952. The fourth-order valence-corrected chi connectivity index (χ4v) is 3.90. The van der Waals surface area contributed by atoms with Crippen molar-refractivity contribution in [1.82, 2.24) is 14.8 Å². The topological polar surface area (TPSA) is 39.3 Å². The van der Waals surface area contributed by atoms with Crippen LogP contribution in [0, 0.1) is 0 Å². The molecule has 1 aromatic heterocycles. The number of carbonyl (C=O) groups excluding carboxylic acids is 1. The molecule has 0 saturated carbocycles. The van der Waals surface area contributed by atoms with Gasteiger partial charge in [0.15, 0.2) is 5.78 Å². The second kappa shape index (κ2) is 8.55. The quantitative estimate of drug-likeness (QED) is 0.662. The van der Waals surface area contributed by atoms with Gasteiger partial charge in [-0.2, -0.15) is 0 Å². The molecule has 3 aromatic rings. The van der Waals surface area contributed by atoms with Crippen molar-refractivity contribution in [3.63, 3.8) is 0 Å². The van der Waals surface area contributed by atoms with Crippen LogP contribution < -0.4 is 0 Å². The summed E-state index contributed by atoms with van der Waals surface area (Å²) in [5.74, 6) is 0.204. The summed E-state index contributed by atoms with van der Waals surface area (Å²) in [5.41, 5.74) is 3.06. The Balaban J connectivity index is 1.32. The lowest BCUT2D eigenvalue weighted by molar-refractivity contribution is 0.0721. The Labute approximate surface area is 166 Å². The summed E-state index contributed by atoms with van der Waals surface area (Å²) < 4.78 is 0. The Morgan fingerprint density at radius 2 is 1.75 bits per heavy atom. The van der Waals surface area contributed by atoms with Crippen molar-refractivity contribution in [2.24, 2.45) is 0 Å². The summed E-state index contributed by atoms with van der Waals surface area (Å²) in [5, 5.41) is 1.02. The molecule has 1 aliphatic rings. The minimum Gasteiger partial charge on any atom is -0.360 e. The van der Waals surface area contributed by atoms with Gasteiger partial charge in [-0.05, 0) is 18.6 Å². The number of fused-ring (bicyclic) bond motifs is 1. The SMILES string of the molecule is C[C@H](C(=O)c1c[nH]c2ccccc12)N1CCN(C/C=C/c2ccccc2)CC1. The molecule has 0 bridgehead atoms. The van der Waals surface area contributed by atoms with Gasteiger partial charge < -0.3 is 4.98 Å². The summed E-state index contributed by atoms with van der Waals surface area (Å²) in [6.07, 6.45) is 6.26. The number of hydrogen-bond donors (Lipinski definition) is 1. The van der Waals surface area contributed by atoms with Crippen molar-refractivity contribution in [2.75, 3.05) is 32.7 Å². The maximum Gasteiger partial charge on any atom is 0.181 e. The Hall–Kier alpha value is -2.69. The van der Waals surface area contributed by atoms with Crippen molar-refractivity contribution in [1.29, 1.82) is 0 Å². The average molecular weight is 374 g/mol. The lowest BCUT2D eigenvalue weighted by atomic mass is 10.0. The molecule has 1 aliphatic heterocycles. The van der Waals surface area contributed by atoms with Gasteiger partial charge in [0.2, 0.25) is 0 Å². The van der Waals surface area contributed by atoms with Crippen LogP contribution in [0.4, 0.5) is 0 Å². The van der Waals surface area contributed by atoms with Gasteiger partial charge in [-0.3, -0.25) is 14.6 Å². The molecule has 1 N–H and O–H groups in total. The van der Waals surface area contributed by atoms with Gasteiger partial charge in [0.05, 0.1) is 6.04 Å². The van der Waals surface area contributed by atoms with Crippen LogP contribution in [-0.4, -0.2) is 59.3 Å². The number of Topliss-reactive ketones (excluding diaryl/α,β-unsaturated/α-hetero) is 1. The predicted octanol–water partition coefficient (Wildman–Crippen LogP) is 4.07. The van der Waals surface area contributed by atoms with Gasteiger partial charge in [0, 0.05) is 55.4 Å². The summed E-state index contributed by atoms with van der Waals surface area (Å²) in [6, 6.07) is 18.3. The number of hydrogen-bond acceptors (Lipinski definition) is 3. The molecule has 4 heteroatoms. The van der Waals surface area contributed by atoms with Crippen molar-refractivity contribution in [2.45, 2.75) is 13.0 Å². The van der Waals surface area contributed by atoms with E-state index in [9.17, 15) is 4.79 Å². The van der Waals surface area contributed by atoms with Gasteiger partial charge in [-0.1, -0.05) is 60.7 Å². The van der Waals surface area contributed by atoms with Crippen LogP contribution in [-0.2, 0) is 0 Å². The highest BCUT2D eigenvalue weighted by atomic mass is 16.1. The van der Waals surface area contributed by atoms with Crippen molar-refractivity contribution in [3.8, 4) is 0 Å². The zero-order valence-corrected chi connectivity index (χ0v) is 16.3. The second-order valence-corrected chi connectivity index (χ2v) is 7.44. The second-order valence-electron chi connectivity index (χ2n) is 7.44. The number of carbonyl (C=O) groups is 1. The molecular weight excluding hydrogens is 346 g/mol. The largest absolute Gasteiger partial charge is 0.360 e. The zero-order chi connectivity index (χ0) is 19.3. The first-order valence-corrected chi connectivity index (χ1v) is 10.0. The Morgan fingerprint density at radius 3 is 2.54 bits per heavy atom. The number of ketones is 1. The standard InChI is InChI=1S/C24H27N3O/c1-19(24(28)22-18-25-23-12-6-5-11-21(22)23)27-16-14-26(15-17-27)13-7-10-20-8-3-2-4-9-20/h2-12,18-19,25H,13-17H2,1H3/b10-7+/t19-/m1/s1. The van der Waals surface area contributed by atoms with Crippen LogP contribution in [0.15, 0.2) is 66.9 Å². The van der Waals surface area contributed by atoms with Gasteiger partial charge >= 0.3 is 0 Å². The third kappa shape index (κ3) is 4.08. The van der Waals surface area contributed by atoms with Crippen LogP contribution in [0.2, 0.25) is 0 Å². The van der Waals surface area contributed by atoms with E-state index in [0.717, 1.165) is 49.2 Å². The molecule has 1 fully saturated rings. The van der Waals surface area contributed by atoms with Crippen LogP contribution in [0.5, 0.6) is 0 Å². The number of benzene rings is 2. The van der Waals surface area contributed by atoms with E-state index in [1.54, 1.807) is 0 Å². The number of para-hydroxylation sites is 1. The van der Waals surface area contributed by atoms with Crippen molar-refractivity contribution in [3.05, 3.63) is 78.0 Å². The minimum absolute atomic E-state index is 0.0961. The van der Waals surface area contributed by atoms with E-state index in [2.05, 4.69) is 51.2 Å². The Morgan fingerprint density at radius 1 is 1.04 bits per heavy atom. The monoisotopic (exact) mass is 373 g/mol. The minimum atomic E-state index is -0.0961. The molecule has 2 aromatic carbocycles. The molecular formula is C24H27N3O. The van der Waals surface area contributed by atoms with E-state index in [0.29, 0.717) is 0 Å². The number of H-pyrrole nitrogens is 1.